The van der Waals surface area contributed by atoms with Crippen LogP contribution in [-0.2, 0) is 16.6 Å². The fourth-order valence-corrected chi connectivity index (χ4v) is 1.92. The van der Waals surface area contributed by atoms with Gasteiger partial charge < -0.3 is 0 Å². The second-order valence-electron chi connectivity index (χ2n) is 5.58. The van der Waals surface area contributed by atoms with E-state index in [1.807, 2.05) is 13.8 Å². The Labute approximate surface area is 103 Å². The lowest BCUT2D eigenvalue weighted by atomic mass is 9.83. The predicted octanol–water partition coefficient (Wildman–Crippen LogP) is 2.13. The standard InChI is InChI=1S/C14H22N2O/c1-9-6-11(14(3,4)5)7-10(2)12(9)8-13(17)16-15/h6-7H,8,15H2,1-5H3,(H,16,17). The third-order valence-electron chi connectivity index (χ3n) is 3.06. The maximum atomic E-state index is 11.3. The molecule has 0 aromatic heterocycles. The van der Waals surface area contributed by atoms with Crippen LogP contribution in [0.15, 0.2) is 12.1 Å². The van der Waals surface area contributed by atoms with E-state index in [1.165, 1.54) is 5.56 Å². The lowest BCUT2D eigenvalue weighted by Gasteiger charge is -2.22. The predicted molar refractivity (Wildman–Crippen MR) is 70.7 cm³/mol. The SMILES string of the molecule is Cc1cc(C(C)(C)C)cc(C)c1CC(=O)NN. The average Bonchev–Trinajstić information content (AvgIpc) is 2.21. The number of aryl methyl sites for hydroxylation is 2. The van der Waals surface area contributed by atoms with Crippen molar-refractivity contribution in [2.24, 2.45) is 5.84 Å². The van der Waals surface area contributed by atoms with Crippen molar-refractivity contribution in [1.82, 2.24) is 5.43 Å². The molecule has 1 rings (SSSR count). The van der Waals surface area contributed by atoms with Gasteiger partial charge in [-0.25, -0.2) is 5.84 Å². The van der Waals surface area contributed by atoms with Gasteiger partial charge in [0.15, 0.2) is 0 Å². The van der Waals surface area contributed by atoms with Crippen LogP contribution in [0.5, 0.6) is 0 Å². The molecule has 0 radical (unpaired) electrons. The maximum absolute atomic E-state index is 11.3. The molecule has 0 atom stereocenters. The summed E-state index contributed by atoms with van der Waals surface area (Å²) in [5.41, 5.74) is 6.97. The van der Waals surface area contributed by atoms with Crippen molar-refractivity contribution in [3.05, 3.63) is 34.4 Å². The van der Waals surface area contributed by atoms with E-state index < -0.39 is 0 Å². The third-order valence-corrected chi connectivity index (χ3v) is 3.06. The van der Waals surface area contributed by atoms with E-state index in [9.17, 15) is 4.79 Å². The molecule has 0 saturated heterocycles. The Balaban J connectivity index is 3.15. The van der Waals surface area contributed by atoms with Crippen LogP contribution in [0.1, 0.15) is 43.0 Å². The van der Waals surface area contributed by atoms with Crippen LogP contribution in [-0.4, -0.2) is 5.91 Å². The van der Waals surface area contributed by atoms with Crippen molar-refractivity contribution in [2.45, 2.75) is 46.5 Å². The van der Waals surface area contributed by atoms with Crippen molar-refractivity contribution in [3.8, 4) is 0 Å². The molecule has 0 aliphatic rings. The molecule has 0 saturated carbocycles. The highest BCUT2D eigenvalue weighted by atomic mass is 16.2. The minimum absolute atomic E-state index is 0.129. The van der Waals surface area contributed by atoms with Gasteiger partial charge in [0.05, 0.1) is 6.42 Å². The van der Waals surface area contributed by atoms with Gasteiger partial charge in [0.2, 0.25) is 5.91 Å². The van der Waals surface area contributed by atoms with E-state index in [1.54, 1.807) is 0 Å². The minimum Gasteiger partial charge on any atom is -0.294 e. The summed E-state index contributed by atoms with van der Waals surface area (Å²) in [5.74, 6) is 4.97. The minimum atomic E-state index is -0.153. The van der Waals surface area contributed by atoms with Gasteiger partial charge in [-0.05, 0) is 41.5 Å². The molecule has 17 heavy (non-hydrogen) atoms. The molecule has 1 aromatic rings. The normalized spacial score (nSPS) is 11.4. The Hall–Kier alpha value is -1.35. The van der Waals surface area contributed by atoms with Crippen LogP contribution in [0.2, 0.25) is 0 Å². The van der Waals surface area contributed by atoms with Crippen molar-refractivity contribution in [3.63, 3.8) is 0 Å². The molecular formula is C14H22N2O. The first-order chi connectivity index (χ1) is 7.75. The van der Waals surface area contributed by atoms with Gasteiger partial charge in [0.25, 0.3) is 0 Å². The Morgan fingerprint density at radius 3 is 2.06 bits per heavy atom. The van der Waals surface area contributed by atoms with E-state index in [-0.39, 0.29) is 11.3 Å². The second-order valence-corrected chi connectivity index (χ2v) is 5.58. The zero-order valence-corrected chi connectivity index (χ0v) is 11.3. The molecule has 1 amide bonds. The molecule has 1 aromatic carbocycles. The summed E-state index contributed by atoms with van der Waals surface area (Å²) in [6, 6.07) is 4.32. The van der Waals surface area contributed by atoms with E-state index >= 15 is 0 Å². The zero-order chi connectivity index (χ0) is 13.2. The average molecular weight is 234 g/mol. The van der Waals surface area contributed by atoms with Gasteiger partial charge >= 0.3 is 0 Å². The summed E-state index contributed by atoms with van der Waals surface area (Å²) in [6.45, 7) is 10.6. The molecule has 94 valence electrons. The smallest absolute Gasteiger partial charge is 0.238 e. The molecule has 0 bridgehead atoms. The Kier molecular flexibility index (Phi) is 3.94. The number of rotatable bonds is 2. The largest absolute Gasteiger partial charge is 0.294 e. The highest BCUT2D eigenvalue weighted by Gasteiger charge is 2.17. The van der Waals surface area contributed by atoms with Crippen molar-refractivity contribution in [2.75, 3.05) is 0 Å². The first-order valence-electron chi connectivity index (χ1n) is 5.85. The number of hydrogen-bond acceptors (Lipinski definition) is 2. The molecule has 0 spiro atoms. The molecule has 0 unspecified atom stereocenters. The molecule has 3 N–H and O–H groups in total. The number of carbonyl (C=O) groups excluding carboxylic acids is 1. The molecule has 0 heterocycles. The summed E-state index contributed by atoms with van der Waals surface area (Å²) in [6.07, 6.45) is 0.346. The van der Waals surface area contributed by atoms with Gasteiger partial charge in [-0.2, -0.15) is 0 Å². The fourth-order valence-electron chi connectivity index (χ4n) is 1.92. The van der Waals surface area contributed by atoms with E-state index in [2.05, 4.69) is 38.3 Å². The highest BCUT2D eigenvalue weighted by Crippen LogP contribution is 2.27. The van der Waals surface area contributed by atoms with Crippen LogP contribution in [0, 0.1) is 13.8 Å². The van der Waals surface area contributed by atoms with Crippen LogP contribution in [0.4, 0.5) is 0 Å². The quantitative estimate of drug-likeness (QED) is 0.468. The first kappa shape index (κ1) is 13.7. The molecule has 0 aliphatic carbocycles. The number of amides is 1. The van der Waals surface area contributed by atoms with Gasteiger partial charge in [0.1, 0.15) is 0 Å². The van der Waals surface area contributed by atoms with Crippen LogP contribution >= 0.6 is 0 Å². The Bertz CT molecular complexity index is 407. The number of carbonyl (C=O) groups is 1. The van der Waals surface area contributed by atoms with E-state index in [0.717, 1.165) is 16.7 Å². The number of nitrogens with one attached hydrogen (secondary N) is 1. The lowest BCUT2D eigenvalue weighted by molar-refractivity contribution is -0.120. The summed E-state index contributed by atoms with van der Waals surface area (Å²) in [5, 5.41) is 0. The molecule has 0 fully saturated rings. The second kappa shape index (κ2) is 4.88. The summed E-state index contributed by atoms with van der Waals surface area (Å²) in [4.78, 5) is 11.3. The summed E-state index contributed by atoms with van der Waals surface area (Å²) >= 11 is 0. The number of benzene rings is 1. The van der Waals surface area contributed by atoms with Gasteiger partial charge in [-0.1, -0.05) is 32.9 Å². The van der Waals surface area contributed by atoms with E-state index in [4.69, 9.17) is 5.84 Å². The number of nitrogens with two attached hydrogens (primary N) is 1. The fraction of sp³-hybridized carbons (Fsp3) is 0.500. The van der Waals surface area contributed by atoms with Crippen LogP contribution in [0.3, 0.4) is 0 Å². The summed E-state index contributed by atoms with van der Waals surface area (Å²) in [7, 11) is 0. The first-order valence-corrected chi connectivity index (χ1v) is 5.85. The summed E-state index contributed by atoms with van der Waals surface area (Å²) < 4.78 is 0. The van der Waals surface area contributed by atoms with Gasteiger partial charge in [0, 0.05) is 0 Å². The maximum Gasteiger partial charge on any atom is 0.238 e. The van der Waals surface area contributed by atoms with Crippen molar-refractivity contribution >= 4 is 5.91 Å². The third kappa shape index (κ3) is 3.30. The Morgan fingerprint density at radius 1 is 1.24 bits per heavy atom. The lowest BCUT2D eigenvalue weighted by Crippen LogP contribution is -2.31. The number of hydrazine groups is 1. The van der Waals surface area contributed by atoms with Crippen molar-refractivity contribution in [1.29, 1.82) is 0 Å². The van der Waals surface area contributed by atoms with Crippen LogP contribution in [0.25, 0.3) is 0 Å². The molecule has 3 heteroatoms. The zero-order valence-electron chi connectivity index (χ0n) is 11.3. The monoisotopic (exact) mass is 234 g/mol. The van der Waals surface area contributed by atoms with Crippen molar-refractivity contribution < 1.29 is 4.79 Å². The number of hydrogen-bond donors (Lipinski definition) is 2. The molecule has 3 nitrogen and oxygen atoms in total. The van der Waals surface area contributed by atoms with E-state index in [0.29, 0.717) is 6.42 Å². The van der Waals surface area contributed by atoms with Crippen LogP contribution < -0.4 is 11.3 Å². The van der Waals surface area contributed by atoms with Gasteiger partial charge in [-0.3, -0.25) is 10.2 Å². The van der Waals surface area contributed by atoms with Gasteiger partial charge in [-0.15, -0.1) is 0 Å². The Morgan fingerprint density at radius 2 is 1.71 bits per heavy atom. The molecular weight excluding hydrogens is 212 g/mol. The highest BCUT2D eigenvalue weighted by molar-refractivity contribution is 5.78. The topological polar surface area (TPSA) is 55.1 Å². The molecule has 0 aliphatic heterocycles.